The summed E-state index contributed by atoms with van der Waals surface area (Å²) >= 11 is 0. The lowest BCUT2D eigenvalue weighted by Crippen LogP contribution is -2.31. The van der Waals surface area contributed by atoms with Crippen LogP contribution in [0.5, 0.6) is 0 Å². The fourth-order valence-corrected chi connectivity index (χ4v) is 4.00. The first-order chi connectivity index (χ1) is 10.6. The van der Waals surface area contributed by atoms with Crippen LogP contribution in [0.25, 0.3) is 0 Å². The molecule has 0 saturated heterocycles. The standard InChI is InChI=1S/C18H31NO2S/c1-4-7-9-10-11-17-12-14-18(15-13-17)22(20,21)19(6-3)16-8-5-2/h12-15H,4-11,16H2,1-3H3. The van der Waals surface area contributed by atoms with Crippen LogP contribution in [-0.4, -0.2) is 25.8 Å². The fourth-order valence-electron chi connectivity index (χ4n) is 2.52. The second-order valence-corrected chi connectivity index (χ2v) is 7.74. The van der Waals surface area contributed by atoms with Crippen molar-refractivity contribution in [2.45, 2.75) is 70.6 Å². The van der Waals surface area contributed by atoms with Gasteiger partial charge in [-0.05, 0) is 37.0 Å². The minimum Gasteiger partial charge on any atom is -0.207 e. The normalized spacial score (nSPS) is 12.0. The number of hydrogen-bond donors (Lipinski definition) is 0. The van der Waals surface area contributed by atoms with Gasteiger partial charge in [0.2, 0.25) is 10.0 Å². The summed E-state index contributed by atoms with van der Waals surface area (Å²) in [4.78, 5) is 0.419. The maximum Gasteiger partial charge on any atom is 0.243 e. The average molecular weight is 326 g/mol. The predicted molar refractivity (Wildman–Crippen MR) is 93.6 cm³/mol. The van der Waals surface area contributed by atoms with Gasteiger partial charge in [-0.2, -0.15) is 4.31 Å². The number of nitrogens with zero attached hydrogens (tertiary/aromatic N) is 1. The first kappa shape index (κ1) is 19.2. The first-order valence-corrected chi connectivity index (χ1v) is 10.1. The van der Waals surface area contributed by atoms with Gasteiger partial charge in [-0.15, -0.1) is 0 Å². The highest BCUT2D eigenvalue weighted by Gasteiger charge is 2.22. The third-order valence-electron chi connectivity index (χ3n) is 3.99. The molecule has 0 aliphatic rings. The molecular weight excluding hydrogens is 294 g/mol. The van der Waals surface area contributed by atoms with Gasteiger partial charge in [-0.1, -0.05) is 58.6 Å². The summed E-state index contributed by atoms with van der Waals surface area (Å²) in [6.07, 6.45) is 7.88. The molecule has 0 N–H and O–H groups in total. The van der Waals surface area contributed by atoms with Crippen molar-refractivity contribution in [3.63, 3.8) is 0 Å². The molecule has 0 saturated carbocycles. The Labute approximate surface area is 136 Å². The van der Waals surface area contributed by atoms with Crippen LogP contribution in [0.3, 0.4) is 0 Å². The Kier molecular flexibility index (Phi) is 8.72. The highest BCUT2D eigenvalue weighted by molar-refractivity contribution is 7.89. The number of hydrogen-bond acceptors (Lipinski definition) is 2. The molecule has 0 spiro atoms. The summed E-state index contributed by atoms with van der Waals surface area (Å²) < 4.78 is 26.8. The van der Waals surface area contributed by atoms with Crippen molar-refractivity contribution in [1.82, 2.24) is 4.31 Å². The summed E-state index contributed by atoms with van der Waals surface area (Å²) in [5.41, 5.74) is 1.23. The van der Waals surface area contributed by atoms with Crippen molar-refractivity contribution in [1.29, 1.82) is 0 Å². The zero-order valence-corrected chi connectivity index (χ0v) is 15.2. The van der Waals surface area contributed by atoms with E-state index in [1.807, 2.05) is 19.1 Å². The monoisotopic (exact) mass is 325 g/mol. The maximum atomic E-state index is 12.6. The molecule has 0 bridgehead atoms. The second-order valence-electron chi connectivity index (χ2n) is 5.80. The number of rotatable bonds is 11. The van der Waals surface area contributed by atoms with E-state index >= 15 is 0 Å². The molecule has 0 heterocycles. The van der Waals surface area contributed by atoms with Crippen molar-refractivity contribution in [3.05, 3.63) is 29.8 Å². The number of aryl methyl sites for hydroxylation is 1. The largest absolute Gasteiger partial charge is 0.243 e. The van der Waals surface area contributed by atoms with E-state index < -0.39 is 10.0 Å². The van der Waals surface area contributed by atoms with E-state index in [9.17, 15) is 8.42 Å². The third kappa shape index (κ3) is 5.73. The average Bonchev–Trinajstić information content (AvgIpc) is 2.52. The molecule has 0 radical (unpaired) electrons. The molecule has 22 heavy (non-hydrogen) atoms. The Morgan fingerprint density at radius 2 is 1.50 bits per heavy atom. The van der Waals surface area contributed by atoms with Crippen molar-refractivity contribution >= 4 is 10.0 Å². The van der Waals surface area contributed by atoms with Gasteiger partial charge in [0.25, 0.3) is 0 Å². The van der Waals surface area contributed by atoms with E-state index in [0.29, 0.717) is 18.0 Å². The molecule has 0 aliphatic carbocycles. The Balaban J connectivity index is 2.71. The van der Waals surface area contributed by atoms with Gasteiger partial charge in [0.15, 0.2) is 0 Å². The molecule has 1 rings (SSSR count). The molecule has 0 atom stereocenters. The van der Waals surface area contributed by atoms with E-state index in [-0.39, 0.29) is 0 Å². The zero-order valence-electron chi connectivity index (χ0n) is 14.3. The van der Waals surface area contributed by atoms with E-state index in [1.54, 1.807) is 16.4 Å². The minimum absolute atomic E-state index is 0.419. The van der Waals surface area contributed by atoms with Crippen LogP contribution in [0.2, 0.25) is 0 Å². The Hall–Kier alpha value is -0.870. The van der Waals surface area contributed by atoms with Crippen LogP contribution in [0, 0.1) is 0 Å². The molecule has 4 heteroatoms. The molecule has 0 amide bonds. The van der Waals surface area contributed by atoms with Gasteiger partial charge in [-0.25, -0.2) is 8.42 Å². The second kappa shape index (κ2) is 10.0. The van der Waals surface area contributed by atoms with Crippen molar-refractivity contribution in [3.8, 4) is 0 Å². The highest BCUT2D eigenvalue weighted by atomic mass is 32.2. The molecule has 1 aromatic carbocycles. The lowest BCUT2D eigenvalue weighted by molar-refractivity contribution is 0.419. The van der Waals surface area contributed by atoms with Gasteiger partial charge in [0.1, 0.15) is 0 Å². The van der Waals surface area contributed by atoms with Gasteiger partial charge in [0.05, 0.1) is 4.90 Å². The lowest BCUT2D eigenvalue weighted by Gasteiger charge is -2.20. The van der Waals surface area contributed by atoms with E-state index in [0.717, 1.165) is 19.3 Å². The van der Waals surface area contributed by atoms with Crippen molar-refractivity contribution in [2.24, 2.45) is 0 Å². The van der Waals surface area contributed by atoms with Crippen LogP contribution in [-0.2, 0) is 16.4 Å². The zero-order chi connectivity index (χ0) is 16.4. The van der Waals surface area contributed by atoms with Crippen LogP contribution in [0.4, 0.5) is 0 Å². The molecule has 0 fully saturated rings. The van der Waals surface area contributed by atoms with Crippen molar-refractivity contribution in [2.75, 3.05) is 13.1 Å². The number of benzene rings is 1. The van der Waals surface area contributed by atoms with Gasteiger partial charge < -0.3 is 0 Å². The first-order valence-electron chi connectivity index (χ1n) is 8.65. The lowest BCUT2D eigenvalue weighted by atomic mass is 10.1. The van der Waals surface area contributed by atoms with Crippen LogP contribution < -0.4 is 0 Å². The van der Waals surface area contributed by atoms with Crippen LogP contribution in [0.15, 0.2) is 29.2 Å². The molecule has 0 aromatic heterocycles. The molecular formula is C18H31NO2S. The Bertz CT molecular complexity index is 508. The molecule has 0 unspecified atom stereocenters. The van der Waals surface area contributed by atoms with Gasteiger partial charge in [0, 0.05) is 13.1 Å². The highest BCUT2D eigenvalue weighted by Crippen LogP contribution is 2.18. The third-order valence-corrected chi connectivity index (χ3v) is 5.98. The molecule has 0 aliphatic heterocycles. The number of sulfonamides is 1. The Morgan fingerprint density at radius 3 is 2.05 bits per heavy atom. The number of unbranched alkanes of at least 4 members (excludes halogenated alkanes) is 4. The van der Waals surface area contributed by atoms with Crippen LogP contribution in [0.1, 0.15) is 64.9 Å². The van der Waals surface area contributed by atoms with E-state index in [4.69, 9.17) is 0 Å². The minimum atomic E-state index is -3.34. The van der Waals surface area contributed by atoms with E-state index in [2.05, 4.69) is 13.8 Å². The molecule has 1 aromatic rings. The van der Waals surface area contributed by atoms with Crippen LogP contribution >= 0.6 is 0 Å². The maximum absolute atomic E-state index is 12.6. The fraction of sp³-hybridized carbons (Fsp3) is 0.667. The van der Waals surface area contributed by atoms with Gasteiger partial charge >= 0.3 is 0 Å². The summed E-state index contributed by atoms with van der Waals surface area (Å²) in [7, 11) is -3.34. The predicted octanol–water partition coefficient (Wildman–Crippen LogP) is 4.62. The quantitative estimate of drug-likeness (QED) is 0.557. The van der Waals surface area contributed by atoms with E-state index in [1.165, 1.54) is 31.2 Å². The van der Waals surface area contributed by atoms with Crippen molar-refractivity contribution < 1.29 is 8.42 Å². The molecule has 3 nitrogen and oxygen atoms in total. The summed E-state index contributed by atoms with van der Waals surface area (Å²) in [5, 5.41) is 0. The Morgan fingerprint density at radius 1 is 0.864 bits per heavy atom. The SMILES string of the molecule is CCCCCCc1ccc(S(=O)(=O)N(CC)CCCC)cc1. The topological polar surface area (TPSA) is 37.4 Å². The smallest absolute Gasteiger partial charge is 0.207 e. The van der Waals surface area contributed by atoms with Gasteiger partial charge in [-0.3, -0.25) is 0 Å². The summed E-state index contributed by atoms with van der Waals surface area (Å²) in [6, 6.07) is 7.46. The summed E-state index contributed by atoms with van der Waals surface area (Å²) in [6.45, 7) is 7.32. The molecule has 126 valence electrons. The summed E-state index contributed by atoms with van der Waals surface area (Å²) in [5.74, 6) is 0.